The Morgan fingerprint density at radius 2 is 1.13 bits per heavy atom. The molecule has 45 heavy (non-hydrogen) atoms. The number of benzene rings is 1. The van der Waals surface area contributed by atoms with Crippen LogP contribution >= 0.6 is 0 Å². The smallest absolute Gasteiger partial charge is 0.317 e. The summed E-state index contributed by atoms with van der Waals surface area (Å²) in [5, 5.41) is 10.2. The van der Waals surface area contributed by atoms with Gasteiger partial charge < -0.3 is 47.6 Å². The minimum Gasteiger partial charge on any atom is -0.490 e. The maximum Gasteiger partial charge on any atom is 0.317 e. The number of hydrogen-bond donors (Lipinski definition) is 4. The Labute approximate surface area is 279 Å². The summed E-state index contributed by atoms with van der Waals surface area (Å²) in [7, 11) is -11.4. The maximum atomic E-state index is 12.0. The van der Waals surface area contributed by atoms with Crippen molar-refractivity contribution in [3.63, 3.8) is 0 Å². The van der Waals surface area contributed by atoms with Crippen LogP contribution in [0.4, 0.5) is 0 Å². The van der Waals surface area contributed by atoms with E-state index in [1.165, 1.54) is 0 Å². The number of ether oxygens (including phenoxy) is 2. The zero-order valence-electron chi connectivity index (χ0n) is 29.8. The molecule has 0 fully saturated rings. The first-order valence-corrected chi connectivity index (χ1v) is 31.0. The lowest BCUT2D eigenvalue weighted by atomic mass is 10.3. The number of carbonyl (C=O) groups excluding carboxylic acids is 1. The Bertz CT molecular complexity index is 957. The monoisotopic (exact) mass is 720 g/mol. The van der Waals surface area contributed by atoms with Gasteiger partial charge in [-0.25, -0.2) is 0 Å². The molecule has 0 spiro atoms. The van der Waals surface area contributed by atoms with Crippen LogP contribution in [-0.4, -0.2) is 107 Å². The molecule has 0 aliphatic rings. The Morgan fingerprint density at radius 3 is 1.62 bits per heavy atom. The molecule has 1 aromatic carbocycles. The van der Waals surface area contributed by atoms with Gasteiger partial charge in [0.25, 0.3) is 0 Å². The molecule has 262 valence electrons. The van der Waals surface area contributed by atoms with E-state index in [2.05, 4.69) is 81.4 Å². The number of hydrogen-bond acceptors (Lipinski definition) is 11. The van der Waals surface area contributed by atoms with Crippen molar-refractivity contribution in [2.75, 3.05) is 59.0 Å². The molecular weight excluding hydrogens is 657 g/mol. The first-order valence-electron chi connectivity index (χ1n) is 16.3. The summed E-state index contributed by atoms with van der Waals surface area (Å²) in [4.78, 5) is 12.0. The van der Waals surface area contributed by atoms with Crippen LogP contribution in [0.2, 0.25) is 77.6 Å². The third-order valence-electron chi connectivity index (χ3n) is 6.14. The van der Waals surface area contributed by atoms with Crippen molar-refractivity contribution in [2.45, 2.75) is 84.0 Å². The zero-order valence-corrected chi connectivity index (χ0v) is 34.8. The molecule has 0 heterocycles. The molecule has 0 saturated carbocycles. The molecule has 0 aliphatic carbocycles. The van der Waals surface area contributed by atoms with Crippen LogP contribution in [0.3, 0.4) is 0 Å². The highest BCUT2D eigenvalue weighted by molar-refractivity contribution is 6.90. The summed E-state index contributed by atoms with van der Waals surface area (Å²) in [5.41, 5.74) is 5.67. The lowest BCUT2D eigenvalue weighted by Crippen LogP contribution is -2.60. The van der Waals surface area contributed by atoms with Crippen molar-refractivity contribution in [2.24, 2.45) is 5.73 Å². The molecule has 2 atom stereocenters. The molecule has 5 N–H and O–H groups in total. The van der Waals surface area contributed by atoms with Gasteiger partial charge >= 0.3 is 31.7 Å². The van der Waals surface area contributed by atoms with Crippen LogP contribution in [-0.2, 0) is 26.0 Å². The van der Waals surface area contributed by atoms with E-state index in [9.17, 15) is 4.79 Å². The molecule has 0 saturated heterocycles. The number of carbonyl (C=O) groups is 1. The van der Waals surface area contributed by atoms with Crippen molar-refractivity contribution in [1.29, 1.82) is 0 Å². The largest absolute Gasteiger partial charge is 0.490 e. The molecule has 0 aliphatic heterocycles. The number of rotatable bonds is 26. The SMILES string of the molecule is C[Si](C)(C)O[Si](C)(CCNCCN)O[Si](C)(C)O[Si](C)(CCNCCNCCC(=O)OCCOc1ccccc1)O[Si](C)(C)C. The highest BCUT2D eigenvalue weighted by Gasteiger charge is 2.48. The van der Waals surface area contributed by atoms with Crippen molar-refractivity contribution in [1.82, 2.24) is 16.0 Å². The van der Waals surface area contributed by atoms with E-state index in [-0.39, 0.29) is 12.6 Å². The fourth-order valence-corrected chi connectivity index (χ4v) is 28.2. The third kappa shape index (κ3) is 22.5. The summed E-state index contributed by atoms with van der Waals surface area (Å²) in [5.74, 6) is 0.535. The zero-order chi connectivity index (χ0) is 34.0. The van der Waals surface area contributed by atoms with Crippen molar-refractivity contribution >= 4 is 48.3 Å². The lowest BCUT2D eigenvalue weighted by Gasteiger charge is -2.43. The predicted octanol–water partition coefficient (Wildman–Crippen LogP) is 4.31. The van der Waals surface area contributed by atoms with Gasteiger partial charge in [0, 0.05) is 44.8 Å². The molecule has 0 radical (unpaired) electrons. The van der Waals surface area contributed by atoms with Gasteiger partial charge in [-0.15, -0.1) is 0 Å². The molecule has 1 rings (SSSR count). The maximum absolute atomic E-state index is 12.0. The molecule has 1 aromatic rings. The predicted molar refractivity (Wildman–Crippen MR) is 197 cm³/mol. The summed E-state index contributed by atoms with van der Waals surface area (Å²) in [6.45, 7) is 27.6. The van der Waals surface area contributed by atoms with E-state index < -0.39 is 42.3 Å². The number of nitrogens with two attached hydrogens (primary N) is 1. The quantitative estimate of drug-likeness (QED) is 0.0620. The second-order valence-corrected chi connectivity index (χ2v) is 34.0. The van der Waals surface area contributed by atoms with E-state index >= 15 is 0 Å². The van der Waals surface area contributed by atoms with Crippen molar-refractivity contribution in [3.8, 4) is 5.75 Å². The number of para-hydroxylation sites is 1. The van der Waals surface area contributed by atoms with Crippen LogP contribution in [0, 0.1) is 0 Å². The summed E-state index contributed by atoms with van der Waals surface area (Å²) < 4.78 is 38.2. The van der Waals surface area contributed by atoms with Gasteiger partial charge in [-0.2, -0.15) is 0 Å². The van der Waals surface area contributed by atoms with E-state index in [0.29, 0.717) is 26.1 Å². The molecular formula is C29H64N4O7Si5. The topological polar surface area (TPSA) is 135 Å². The molecule has 2 unspecified atom stereocenters. The van der Waals surface area contributed by atoms with Gasteiger partial charge in [-0.05, 0) is 90.7 Å². The normalized spacial score (nSPS) is 15.4. The van der Waals surface area contributed by atoms with Crippen molar-refractivity contribution < 1.29 is 30.7 Å². The first kappa shape index (κ1) is 42.3. The van der Waals surface area contributed by atoms with Crippen LogP contribution < -0.4 is 26.4 Å². The highest BCUT2D eigenvalue weighted by atomic mass is 28.5. The first-order chi connectivity index (χ1) is 20.9. The van der Waals surface area contributed by atoms with Crippen LogP contribution in [0.15, 0.2) is 30.3 Å². The molecule has 0 amide bonds. The Kier molecular flexibility index (Phi) is 19.3. The standard InChI is InChI=1S/C29H64N4O7Si5/c1-41(2,3)37-44(9,26-22-32-19-17-30)39-43(7,8)40-45(10,38-42(4,5)6)27-23-33-21-20-31-18-16-29(34)36-25-24-35-28-14-12-11-13-15-28/h11-15,31-33H,16-27,30H2,1-10H3. The van der Waals surface area contributed by atoms with Gasteiger partial charge in [0.2, 0.25) is 0 Å². The average Bonchev–Trinajstić information content (AvgIpc) is 2.88. The van der Waals surface area contributed by atoms with Gasteiger partial charge in [0.15, 0.2) is 16.6 Å². The van der Waals surface area contributed by atoms with Crippen LogP contribution in [0.5, 0.6) is 5.75 Å². The van der Waals surface area contributed by atoms with Gasteiger partial charge in [0.1, 0.15) is 19.0 Å². The summed E-state index contributed by atoms with van der Waals surface area (Å²) in [6.07, 6.45) is 0.320. The summed E-state index contributed by atoms with van der Waals surface area (Å²) >= 11 is 0. The van der Waals surface area contributed by atoms with Gasteiger partial charge in [0.05, 0.1) is 6.42 Å². The molecule has 0 bridgehead atoms. The second kappa shape index (κ2) is 20.6. The lowest BCUT2D eigenvalue weighted by molar-refractivity contribution is -0.144. The van der Waals surface area contributed by atoms with E-state index in [0.717, 1.165) is 50.6 Å². The molecule has 0 aromatic heterocycles. The van der Waals surface area contributed by atoms with Gasteiger partial charge in [-0.1, -0.05) is 18.2 Å². The minimum atomic E-state index is -2.60. The highest BCUT2D eigenvalue weighted by Crippen LogP contribution is 2.29. The van der Waals surface area contributed by atoms with E-state index in [4.69, 9.17) is 31.7 Å². The van der Waals surface area contributed by atoms with Crippen LogP contribution in [0.25, 0.3) is 0 Å². The summed E-state index contributed by atoms with van der Waals surface area (Å²) in [6, 6.07) is 11.2. The van der Waals surface area contributed by atoms with E-state index in [1.807, 2.05) is 30.3 Å². The number of nitrogens with one attached hydrogen (secondary N) is 3. The van der Waals surface area contributed by atoms with Gasteiger partial charge in [-0.3, -0.25) is 4.79 Å². The fraction of sp³-hybridized carbons (Fsp3) is 0.759. The van der Waals surface area contributed by atoms with E-state index in [1.54, 1.807) is 0 Å². The molecule has 11 nitrogen and oxygen atoms in total. The third-order valence-corrected chi connectivity index (χ3v) is 24.2. The Morgan fingerprint density at radius 1 is 0.644 bits per heavy atom. The van der Waals surface area contributed by atoms with Crippen molar-refractivity contribution in [3.05, 3.63) is 30.3 Å². The van der Waals surface area contributed by atoms with Crippen LogP contribution in [0.1, 0.15) is 6.42 Å². The minimum absolute atomic E-state index is 0.232. The Balaban J connectivity index is 2.50. The number of esters is 1. The molecule has 16 heteroatoms. The average molecular weight is 721 g/mol. The fourth-order valence-electron chi connectivity index (χ4n) is 4.98. The Hall–Kier alpha value is -0.746. The second-order valence-electron chi connectivity index (χ2n) is 14.0.